The molecule has 0 atom stereocenters. The Morgan fingerprint density at radius 3 is 3.00 bits per heavy atom. The monoisotopic (exact) mass is 248 g/mol. The zero-order chi connectivity index (χ0) is 12.8. The molecule has 2 aromatic rings. The lowest BCUT2D eigenvalue weighted by molar-refractivity contribution is -0.109. The summed E-state index contributed by atoms with van der Waals surface area (Å²) in [5.41, 5.74) is 0.694. The van der Waals surface area contributed by atoms with E-state index in [0.717, 1.165) is 6.42 Å². The molecule has 0 aliphatic heterocycles. The van der Waals surface area contributed by atoms with Gasteiger partial charge in [0.1, 0.15) is 18.0 Å². The van der Waals surface area contributed by atoms with Crippen molar-refractivity contribution in [3.05, 3.63) is 30.3 Å². The van der Waals surface area contributed by atoms with E-state index in [4.69, 9.17) is 0 Å². The van der Waals surface area contributed by atoms with Gasteiger partial charge in [0.2, 0.25) is 6.41 Å². The molecule has 1 aromatic carbocycles. The molecule has 0 radical (unpaired) electrons. The summed E-state index contributed by atoms with van der Waals surface area (Å²) >= 11 is 0. The smallest absolute Gasteiger partial charge is 0.207 e. The topological polar surface area (TPSA) is 66.9 Å². The SMILES string of the molecule is O=CNCCCNc1ncnc2ccc(F)cc12. The molecule has 0 unspecified atom stereocenters. The summed E-state index contributed by atoms with van der Waals surface area (Å²) in [6.07, 6.45) is 2.86. The van der Waals surface area contributed by atoms with Crippen LogP contribution in [0.25, 0.3) is 10.9 Å². The quantitative estimate of drug-likeness (QED) is 0.597. The maximum Gasteiger partial charge on any atom is 0.207 e. The number of rotatable bonds is 6. The van der Waals surface area contributed by atoms with Crippen LogP contribution in [-0.4, -0.2) is 29.5 Å². The van der Waals surface area contributed by atoms with Crippen LogP contribution in [0.4, 0.5) is 10.2 Å². The predicted molar refractivity (Wildman–Crippen MR) is 66.7 cm³/mol. The maximum atomic E-state index is 13.2. The molecule has 2 rings (SSSR count). The molecule has 2 N–H and O–H groups in total. The lowest BCUT2D eigenvalue weighted by atomic mass is 10.2. The molecule has 94 valence electrons. The minimum absolute atomic E-state index is 0.317. The normalized spacial score (nSPS) is 10.3. The van der Waals surface area contributed by atoms with Gasteiger partial charge in [-0.05, 0) is 24.6 Å². The summed E-state index contributed by atoms with van der Waals surface area (Å²) in [5, 5.41) is 6.32. The van der Waals surface area contributed by atoms with Crippen molar-refractivity contribution in [2.24, 2.45) is 0 Å². The Bertz CT molecular complexity index is 547. The number of aromatic nitrogens is 2. The van der Waals surface area contributed by atoms with Crippen molar-refractivity contribution in [3.63, 3.8) is 0 Å². The van der Waals surface area contributed by atoms with E-state index in [1.807, 2.05) is 0 Å². The lowest BCUT2D eigenvalue weighted by Gasteiger charge is -2.07. The molecule has 0 bridgehead atoms. The van der Waals surface area contributed by atoms with Crippen LogP contribution < -0.4 is 10.6 Å². The van der Waals surface area contributed by atoms with Crippen LogP contribution >= 0.6 is 0 Å². The minimum Gasteiger partial charge on any atom is -0.369 e. The number of hydrogen-bond donors (Lipinski definition) is 2. The fraction of sp³-hybridized carbons (Fsp3) is 0.250. The molecule has 6 heteroatoms. The highest BCUT2D eigenvalue weighted by Gasteiger charge is 2.03. The second-order valence-electron chi connectivity index (χ2n) is 3.74. The first-order valence-corrected chi connectivity index (χ1v) is 5.62. The molecular weight excluding hydrogens is 235 g/mol. The second kappa shape index (κ2) is 5.90. The van der Waals surface area contributed by atoms with Gasteiger partial charge in [-0.3, -0.25) is 4.79 Å². The maximum absolute atomic E-state index is 13.2. The Hall–Kier alpha value is -2.24. The Kier molecular flexibility index (Phi) is 4.01. The average molecular weight is 248 g/mol. The van der Waals surface area contributed by atoms with Crippen LogP contribution in [-0.2, 0) is 4.79 Å². The Morgan fingerprint density at radius 2 is 2.17 bits per heavy atom. The van der Waals surface area contributed by atoms with Crippen LogP contribution in [0.3, 0.4) is 0 Å². The van der Waals surface area contributed by atoms with Gasteiger partial charge in [0, 0.05) is 18.5 Å². The van der Waals surface area contributed by atoms with Crippen LogP contribution in [0.5, 0.6) is 0 Å². The van der Waals surface area contributed by atoms with E-state index in [9.17, 15) is 9.18 Å². The first-order valence-electron chi connectivity index (χ1n) is 5.62. The molecule has 0 spiro atoms. The van der Waals surface area contributed by atoms with Crippen molar-refractivity contribution in [2.45, 2.75) is 6.42 Å². The van der Waals surface area contributed by atoms with Crippen LogP contribution in [0.15, 0.2) is 24.5 Å². The highest BCUT2D eigenvalue weighted by atomic mass is 19.1. The Labute approximate surface area is 103 Å². The van der Waals surface area contributed by atoms with Crippen LogP contribution in [0.1, 0.15) is 6.42 Å². The molecule has 1 amide bonds. The van der Waals surface area contributed by atoms with Gasteiger partial charge in [0.05, 0.1) is 5.52 Å². The van der Waals surface area contributed by atoms with E-state index in [1.165, 1.54) is 18.5 Å². The van der Waals surface area contributed by atoms with Crippen molar-refractivity contribution < 1.29 is 9.18 Å². The number of benzene rings is 1. The van der Waals surface area contributed by atoms with Crippen molar-refractivity contribution in [3.8, 4) is 0 Å². The number of nitrogens with zero attached hydrogens (tertiary/aromatic N) is 2. The van der Waals surface area contributed by atoms with Crippen molar-refractivity contribution in [1.29, 1.82) is 0 Å². The van der Waals surface area contributed by atoms with Gasteiger partial charge in [-0.1, -0.05) is 0 Å². The van der Waals surface area contributed by atoms with Crippen LogP contribution in [0.2, 0.25) is 0 Å². The second-order valence-corrected chi connectivity index (χ2v) is 3.74. The zero-order valence-electron chi connectivity index (χ0n) is 9.69. The largest absolute Gasteiger partial charge is 0.369 e. The standard InChI is InChI=1S/C12H13FN4O/c13-9-2-3-11-10(6-9)12(17-7-16-11)15-5-1-4-14-8-18/h2-3,6-8H,1,4-5H2,(H,14,18)(H,15,16,17). The highest BCUT2D eigenvalue weighted by molar-refractivity contribution is 5.88. The first kappa shape index (κ1) is 12.2. The third-order valence-electron chi connectivity index (χ3n) is 2.47. The number of halogens is 1. The molecule has 18 heavy (non-hydrogen) atoms. The Balaban J connectivity index is 2.08. The molecule has 0 saturated carbocycles. The number of fused-ring (bicyclic) bond motifs is 1. The fourth-order valence-electron chi connectivity index (χ4n) is 1.63. The molecule has 1 aromatic heterocycles. The summed E-state index contributed by atoms with van der Waals surface area (Å²) in [7, 11) is 0. The van der Waals surface area contributed by atoms with Gasteiger partial charge in [-0.15, -0.1) is 0 Å². The highest BCUT2D eigenvalue weighted by Crippen LogP contribution is 2.19. The van der Waals surface area contributed by atoms with E-state index in [-0.39, 0.29) is 5.82 Å². The summed E-state index contributed by atoms with van der Waals surface area (Å²) in [6.45, 7) is 1.23. The van der Waals surface area contributed by atoms with Crippen molar-refractivity contribution >= 4 is 23.1 Å². The summed E-state index contributed by atoms with van der Waals surface area (Å²) < 4.78 is 13.2. The number of carbonyl (C=O) groups excluding carboxylic acids is 1. The Morgan fingerprint density at radius 1 is 1.28 bits per heavy atom. The number of amides is 1. The molecule has 0 aliphatic carbocycles. The fourth-order valence-corrected chi connectivity index (χ4v) is 1.63. The summed E-state index contributed by atoms with van der Waals surface area (Å²) in [4.78, 5) is 18.2. The van der Waals surface area contributed by atoms with E-state index in [1.54, 1.807) is 6.07 Å². The third kappa shape index (κ3) is 2.91. The van der Waals surface area contributed by atoms with Crippen molar-refractivity contribution in [1.82, 2.24) is 15.3 Å². The summed E-state index contributed by atoms with van der Waals surface area (Å²) in [6, 6.07) is 4.39. The van der Waals surface area contributed by atoms with Gasteiger partial charge in [0.25, 0.3) is 0 Å². The molecule has 0 fully saturated rings. The van der Waals surface area contributed by atoms with Crippen LogP contribution in [0, 0.1) is 5.82 Å². The van der Waals surface area contributed by atoms with E-state index >= 15 is 0 Å². The van der Waals surface area contributed by atoms with E-state index < -0.39 is 0 Å². The molecule has 0 aliphatic rings. The van der Waals surface area contributed by atoms with Gasteiger partial charge >= 0.3 is 0 Å². The van der Waals surface area contributed by atoms with E-state index in [2.05, 4.69) is 20.6 Å². The number of hydrogen-bond acceptors (Lipinski definition) is 4. The zero-order valence-corrected chi connectivity index (χ0v) is 9.69. The number of nitrogens with one attached hydrogen (secondary N) is 2. The van der Waals surface area contributed by atoms with Gasteiger partial charge in [-0.25, -0.2) is 14.4 Å². The summed E-state index contributed by atoms with van der Waals surface area (Å²) in [5.74, 6) is 0.286. The molecule has 1 heterocycles. The molecule has 0 saturated heterocycles. The van der Waals surface area contributed by atoms with E-state index in [0.29, 0.717) is 36.2 Å². The number of carbonyl (C=O) groups is 1. The predicted octanol–water partition coefficient (Wildman–Crippen LogP) is 1.32. The minimum atomic E-state index is -0.317. The van der Waals surface area contributed by atoms with Crippen molar-refractivity contribution in [2.75, 3.05) is 18.4 Å². The number of anilines is 1. The molecular formula is C12H13FN4O. The van der Waals surface area contributed by atoms with Gasteiger partial charge in [0.15, 0.2) is 0 Å². The first-order chi connectivity index (χ1) is 8.81. The lowest BCUT2D eigenvalue weighted by Crippen LogP contribution is -2.16. The molecule has 5 nitrogen and oxygen atoms in total. The third-order valence-corrected chi connectivity index (χ3v) is 2.47. The van der Waals surface area contributed by atoms with Gasteiger partial charge in [-0.2, -0.15) is 0 Å². The van der Waals surface area contributed by atoms with Gasteiger partial charge < -0.3 is 10.6 Å². The average Bonchev–Trinajstić information content (AvgIpc) is 2.39.